The molecule has 1 N–H and O–H groups in total. The Morgan fingerprint density at radius 1 is 1.33 bits per heavy atom. The summed E-state index contributed by atoms with van der Waals surface area (Å²) in [5.74, 6) is -0.229. The van der Waals surface area contributed by atoms with Gasteiger partial charge in [0.05, 0.1) is 5.02 Å². The van der Waals surface area contributed by atoms with Crippen molar-refractivity contribution in [2.75, 3.05) is 5.32 Å². The first kappa shape index (κ1) is 21.7. The van der Waals surface area contributed by atoms with Crippen LogP contribution in [0.1, 0.15) is 39.4 Å². The first-order valence-corrected chi connectivity index (χ1v) is 9.48. The van der Waals surface area contributed by atoms with Crippen LogP contribution in [0.2, 0.25) is 10.0 Å². The number of halogens is 4. The molecule has 27 heavy (non-hydrogen) atoms. The zero-order chi connectivity index (χ0) is 20.4. The Labute approximate surface area is 175 Å². The van der Waals surface area contributed by atoms with Crippen molar-refractivity contribution in [2.24, 2.45) is 0 Å². The van der Waals surface area contributed by atoms with Crippen molar-refractivity contribution < 1.29 is 18.7 Å². The highest BCUT2D eigenvalue weighted by Crippen LogP contribution is 2.37. The van der Waals surface area contributed by atoms with E-state index in [2.05, 4.69) is 26.2 Å². The molecule has 1 atom stereocenters. The number of hydrogen-bond donors (Lipinski definition) is 1. The molecule has 2 rings (SSSR count). The van der Waals surface area contributed by atoms with Gasteiger partial charge in [-0.2, -0.15) is 0 Å². The summed E-state index contributed by atoms with van der Waals surface area (Å²) in [4.78, 5) is 16.2. The highest BCUT2D eigenvalue weighted by atomic mass is 79.9. The number of pyridine rings is 1. The summed E-state index contributed by atoms with van der Waals surface area (Å²) in [5, 5.41) is 2.67. The van der Waals surface area contributed by atoms with E-state index in [9.17, 15) is 9.18 Å². The smallest absolute Gasteiger partial charge is 0.413 e. The van der Waals surface area contributed by atoms with Gasteiger partial charge < -0.3 is 9.47 Å². The van der Waals surface area contributed by atoms with Gasteiger partial charge in [0, 0.05) is 21.3 Å². The lowest BCUT2D eigenvalue weighted by atomic mass is 10.1. The number of nitrogens with one attached hydrogen (secondary N) is 1. The van der Waals surface area contributed by atoms with E-state index >= 15 is 0 Å². The quantitative estimate of drug-likeness (QED) is 0.491. The molecule has 2 aromatic rings. The van der Waals surface area contributed by atoms with E-state index in [1.807, 2.05) is 0 Å². The maximum absolute atomic E-state index is 13.8. The summed E-state index contributed by atoms with van der Waals surface area (Å²) < 4.78 is 25.5. The van der Waals surface area contributed by atoms with Crippen LogP contribution in [0.25, 0.3) is 0 Å². The molecular weight excluding hydrogens is 462 g/mol. The number of carbonyl (C=O) groups excluding carboxylic acids is 1. The minimum absolute atomic E-state index is 0.125. The molecule has 0 aliphatic carbocycles. The topological polar surface area (TPSA) is 60.5 Å². The van der Waals surface area contributed by atoms with Crippen molar-refractivity contribution in [3.05, 3.63) is 50.3 Å². The summed E-state index contributed by atoms with van der Waals surface area (Å²) in [7, 11) is 0. The van der Waals surface area contributed by atoms with E-state index in [1.54, 1.807) is 33.8 Å². The first-order valence-electron chi connectivity index (χ1n) is 7.93. The minimum atomic E-state index is -0.712. The van der Waals surface area contributed by atoms with Crippen molar-refractivity contribution in [1.82, 2.24) is 4.98 Å². The van der Waals surface area contributed by atoms with Crippen LogP contribution in [0.5, 0.6) is 5.75 Å². The third-order valence-electron chi connectivity index (χ3n) is 3.23. The molecule has 0 saturated heterocycles. The van der Waals surface area contributed by atoms with Crippen LogP contribution in [-0.2, 0) is 4.74 Å². The molecule has 1 aromatic carbocycles. The van der Waals surface area contributed by atoms with Gasteiger partial charge in [0.25, 0.3) is 0 Å². The summed E-state index contributed by atoms with van der Waals surface area (Å²) in [6.45, 7) is 6.89. The number of rotatable bonds is 4. The fourth-order valence-electron chi connectivity index (χ4n) is 2.17. The van der Waals surface area contributed by atoms with Crippen LogP contribution in [0, 0.1) is 5.82 Å². The fourth-order valence-corrected chi connectivity index (χ4v) is 3.16. The monoisotopic (exact) mass is 478 g/mol. The lowest BCUT2D eigenvalue weighted by Gasteiger charge is -2.22. The van der Waals surface area contributed by atoms with Gasteiger partial charge in [-0.15, -0.1) is 0 Å². The summed E-state index contributed by atoms with van der Waals surface area (Å²) in [5.41, 5.74) is -0.377. The summed E-state index contributed by atoms with van der Waals surface area (Å²) >= 11 is 15.5. The maximum atomic E-state index is 13.8. The van der Waals surface area contributed by atoms with E-state index in [-0.39, 0.29) is 21.6 Å². The Kier molecular flexibility index (Phi) is 6.94. The van der Waals surface area contributed by atoms with Crippen LogP contribution >= 0.6 is 39.1 Å². The van der Waals surface area contributed by atoms with Gasteiger partial charge in [-0.3, -0.25) is 5.32 Å². The predicted octanol–water partition coefficient (Wildman–Crippen LogP) is 6.78. The molecule has 0 bridgehead atoms. The second-order valence-electron chi connectivity index (χ2n) is 6.64. The van der Waals surface area contributed by atoms with Gasteiger partial charge in [-0.1, -0.05) is 23.2 Å². The number of nitrogens with zero attached hydrogens (tertiary/aromatic N) is 1. The first-order chi connectivity index (χ1) is 12.5. The van der Waals surface area contributed by atoms with Crippen LogP contribution < -0.4 is 10.1 Å². The van der Waals surface area contributed by atoms with Crippen molar-refractivity contribution in [3.63, 3.8) is 0 Å². The Hall–Kier alpha value is -1.57. The van der Waals surface area contributed by atoms with Crippen molar-refractivity contribution >= 4 is 51.0 Å². The Morgan fingerprint density at radius 2 is 2.00 bits per heavy atom. The molecule has 0 saturated carbocycles. The van der Waals surface area contributed by atoms with Crippen LogP contribution in [0.15, 0.2) is 28.9 Å². The summed E-state index contributed by atoms with van der Waals surface area (Å²) in [6.07, 6.45) is 0.0967. The molecule has 0 radical (unpaired) electrons. The van der Waals surface area contributed by atoms with Crippen molar-refractivity contribution in [2.45, 2.75) is 39.4 Å². The van der Waals surface area contributed by atoms with Crippen LogP contribution in [0.3, 0.4) is 0 Å². The zero-order valence-electron chi connectivity index (χ0n) is 15.1. The number of benzene rings is 1. The molecular formula is C18H18BrCl2FN2O3. The lowest BCUT2D eigenvalue weighted by Crippen LogP contribution is -2.27. The Balaban J connectivity index is 2.30. The Morgan fingerprint density at radius 3 is 2.63 bits per heavy atom. The SMILES string of the molecule is C[C@@H](Oc1cc(Br)cnc1NC(=O)OC(C)(C)C)c1c(Cl)ccc(F)c1Cl. The lowest BCUT2D eigenvalue weighted by molar-refractivity contribution is 0.0634. The number of amides is 1. The van der Waals surface area contributed by atoms with E-state index in [1.165, 1.54) is 18.3 Å². The minimum Gasteiger partial charge on any atom is -0.482 e. The normalized spacial score (nSPS) is 12.4. The third kappa shape index (κ3) is 5.96. The van der Waals surface area contributed by atoms with E-state index in [0.29, 0.717) is 10.0 Å². The molecule has 1 heterocycles. The number of carbonyl (C=O) groups is 1. The van der Waals surface area contributed by atoms with Crippen LogP contribution in [0.4, 0.5) is 15.0 Å². The van der Waals surface area contributed by atoms with Gasteiger partial charge in [-0.25, -0.2) is 14.2 Å². The third-order valence-corrected chi connectivity index (χ3v) is 4.38. The molecule has 9 heteroatoms. The van der Waals surface area contributed by atoms with Crippen LogP contribution in [-0.4, -0.2) is 16.7 Å². The number of ether oxygens (including phenoxy) is 2. The molecule has 0 spiro atoms. The molecule has 0 aliphatic heterocycles. The fraction of sp³-hybridized carbons (Fsp3) is 0.333. The molecule has 1 amide bonds. The van der Waals surface area contributed by atoms with E-state index in [0.717, 1.165) is 0 Å². The van der Waals surface area contributed by atoms with E-state index < -0.39 is 23.6 Å². The van der Waals surface area contributed by atoms with Gasteiger partial charge in [0.1, 0.15) is 17.5 Å². The van der Waals surface area contributed by atoms with Gasteiger partial charge in [0.2, 0.25) is 0 Å². The van der Waals surface area contributed by atoms with Crippen molar-refractivity contribution in [1.29, 1.82) is 0 Å². The molecule has 0 fully saturated rings. The second-order valence-corrected chi connectivity index (χ2v) is 8.34. The number of anilines is 1. The average molecular weight is 480 g/mol. The Bertz CT molecular complexity index is 859. The standard InChI is InChI=1S/C18H18BrCl2FN2O3/c1-9(14-11(20)5-6-12(22)15(14)21)26-13-7-10(19)8-23-16(13)24-17(25)27-18(2,3)4/h5-9H,1-4H3,(H,23,24,25)/t9-/m1/s1. The highest BCUT2D eigenvalue weighted by Gasteiger charge is 2.22. The highest BCUT2D eigenvalue weighted by molar-refractivity contribution is 9.10. The largest absolute Gasteiger partial charge is 0.482 e. The summed E-state index contributed by atoms with van der Waals surface area (Å²) in [6, 6.07) is 4.19. The number of hydrogen-bond acceptors (Lipinski definition) is 4. The van der Waals surface area contributed by atoms with Gasteiger partial charge >= 0.3 is 6.09 Å². The zero-order valence-corrected chi connectivity index (χ0v) is 18.2. The molecule has 0 unspecified atom stereocenters. The molecule has 5 nitrogen and oxygen atoms in total. The van der Waals surface area contributed by atoms with Gasteiger partial charge in [-0.05, 0) is 61.8 Å². The molecule has 0 aliphatic rings. The molecule has 146 valence electrons. The van der Waals surface area contributed by atoms with Crippen molar-refractivity contribution in [3.8, 4) is 5.75 Å². The van der Waals surface area contributed by atoms with Gasteiger partial charge in [0.15, 0.2) is 11.6 Å². The number of aromatic nitrogens is 1. The second kappa shape index (κ2) is 8.63. The predicted molar refractivity (Wildman–Crippen MR) is 107 cm³/mol. The maximum Gasteiger partial charge on any atom is 0.413 e. The average Bonchev–Trinajstić information content (AvgIpc) is 2.52. The van der Waals surface area contributed by atoms with E-state index in [4.69, 9.17) is 32.7 Å². The molecule has 1 aromatic heterocycles.